The van der Waals surface area contributed by atoms with Crippen LogP contribution in [0, 0.1) is 5.92 Å². The summed E-state index contributed by atoms with van der Waals surface area (Å²) < 4.78 is 0. The van der Waals surface area contributed by atoms with Crippen molar-refractivity contribution in [3.63, 3.8) is 0 Å². The largest absolute Gasteiger partial charge is 0.339 e. The van der Waals surface area contributed by atoms with Crippen LogP contribution in [0.25, 0.3) is 6.08 Å². The minimum atomic E-state index is -0.0392. The van der Waals surface area contributed by atoms with Crippen LogP contribution in [-0.4, -0.2) is 71.2 Å². The van der Waals surface area contributed by atoms with Crippen LogP contribution in [0.3, 0.4) is 0 Å². The second kappa shape index (κ2) is 12.5. The zero-order valence-electron chi connectivity index (χ0n) is 21.2. The van der Waals surface area contributed by atoms with Gasteiger partial charge < -0.3 is 14.7 Å². The third-order valence-electron chi connectivity index (χ3n) is 7.33. The molecule has 0 unspecified atom stereocenters. The van der Waals surface area contributed by atoms with Gasteiger partial charge in [0.1, 0.15) is 0 Å². The molecule has 0 bridgehead atoms. The van der Waals surface area contributed by atoms with Crippen LogP contribution >= 0.6 is 0 Å². The van der Waals surface area contributed by atoms with E-state index in [0.29, 0.717) is 39.0 Å². The molecule has 0 radical (unpaired) electrons. The van der Waals surface area contributed by atoms with E-state index in [1.54, 1.807) is 6.08 Å². The Morgan fingerprint density at radius 2 is 1.42 bits per heavy atom. The molecule has 2 aromatic rings. The van der Waals surface area contributed by atoms with Crippen molar-refractivity contribution in [1.29, 1.82) is 0 Å². The lowest BCUT2D eigenvalue weighted by Gasteiger charge is -2.41. The number of carbonyl (C=O) groups is 3. The monoisotopic (exact) mass is 487 g/mol. The van der Waals surface area contributed by atoms with Gasteiger partial charge in [-0.15, -0.1) is 0 Å². The number of hydrogen-bond acceptors (Lipinski definition) is 3. The lowest BCUT2D eigenvalue weighted by molar-refractivity contribution is -0.142. The zero-order valence-corrected chi connectivity index (χ0v) is 21.2. The Morgan fingerprint density at radius 1 is 0.833 bits per heavy atom. The van der Waals surface area contributed by atoms with Crippen LogP contribution in [0.4, 0.5) is 0 Å². The number of hydrogen-bond donors (Lipinski definition) is 0. The van der Waals surface area contributed by atoms with E-state index in [9.17, 15) is 14.4 Å². The molecule has 2 aromatic carbocycles. The number of benzene rings is 2. The van der Waals surface area contributed by atoms with Crippen molar-refractivity contribution in [1.82, 2.24) is 14.7 Å². The van der Waals surface area contributed by atoms with E-state index in [1.807, 2.05) is 76.5 Å². The second-order valence-corrected chi connectivity index (χ2v) is 9.76. The predicted molar refractivity (Wildman–Crippen MR) is 142 cm³/mol. The van der Waals surface area contributed by atoms with Crippen molar-refractivity contribution in [2.24, 2.45) is 5.92 Å². The Kier molecular flexibility index (Phi) is 8.93. The normalized spacial score (nSPS) is 17.4. The summed E-state index contributed by atoms with van der Waals surface area (Å²) >= 11 is 0. The number of piperidine rings is 2. The Labute approximate surface area is 214 Å². The highest BCUT2D eigenvalue weighted by Gasteiger charge is 2.34. The van der Waals surface area contributed by atoms with Crippen LogP contribution in [0.1, 0.15) is 54.9 Å². The Bertz CT molecular complexity index is 1040. The fourth-order valence-corrected chi connectivity index (χ4v) is 5.28. The van der Waals surface area contributed by atoms with E-state index in [2.05, 4.69) is 11.8 Å². The summed E-state index contributed by atoms with van der Waals surface area (Å²) in [6.45, 7) is 5.42. The van der Waals surface area contributed by atoms with E-state index in [0.717, 1.165) is 36.9 Å². The van der Waals surface area contributed by atoms with Gasteiger partial charge in [0.2, 0.25) is 11.8 Å². The quantitative estimate of drug-likeness (QED) is 0.541. The molecule has 6 heteroatoms. The van der Waals surface area contributed by atoms with Gasteiger partial charge in [0.25, 0.3) is 5.91 Å². The molecule has 0 saturated carbocycles. The van der Waals surface area contributed by atoms with Crippen molar-refractivity contribution in [3.8, 4) is 0 Å². The first kappa shape index (κ1) is 25.7. The van der Waals surface area contributed by atoms with Crippen LogP contribution in [-0.2, 0) is 9.59 Å². The maximum atomic E-state index is 13.5. The van der Waals surface area contributed by atoms with Crippen molar-refractivity contribution < 1.29 is 14.4 Å². The average molecular weight is 488 g/mol. The highest BCUT2D eigenvalue weighted by Crippen LogP contribution is 2.25. The third kappa shape index (κ3) is 6.42. The molecule has 0 atom stereocenters. The number of carbonyl (C=O) groups excluding carboxylic acids is 3. The molecule has 36 heavy (non-hydrogen) atoms. The molecule has 2 saturated heterocycles. The second-order valence-electron chi connectivity index (χ2n) is 9.76. The van der Waals surface area contributed by atoms with Gasteiger partial charge in [-0.1, -0.05) is 55.5 Å². The molecule has 3 amide bonds. The lowest BCUT2D eigenvalue weighted by Crippen LogP contribution is -2.52. The number of rotatable bonds is 7. The summed E-state index contributed by atoms with van der Waals surface area (Å²) in [6, 6.07) is 19.4. The minimum Gasteiger partial charge on any atom is -0.339 e. The first-order chi connectivity index (χ1) is 17.6. The minimum absolute atomic E-state index is 0.00521. The van der Waals surface area contributed by atoms with Crippen LogP contribution in [0.5, 0.6) is 0 Å². The Balaban J connectivity index is 1.29. The van der Waals surface area contributed by atoms with E-state index >= 15 is 0 Å². The molecule has 2 aliphatic rings. The summed E-state index contributed by atoms with van der Waals surface area (Å²) in [7, 11) is 0. The smallest absolute Gasteiger partial charge is 0.253 e. The molecule has 0 spiro atoms. The Morgan fingerprint density at radius 3 is 2.03 bits per heavy atom. The summed E-state index contributed by atoms with van der Waals surface area (Å²) in [6.07, 6.45) is 7.42. The summed E-state index contributed by atoms with van der Waals surface area (Å²) in [5.41, 5.74) is 1.72. The van der Waals surface area contributed by atoms with Gasteiger partial charge in [-0.3, -0.25) is 14.4 Å². The maximum absolute atomic E-state index is 13.5. The van der Waals surface area contributed by atoms with Gasteiger partial charge in [-0.2, -0.15) is 0 Å². The molecule has 0 aliphatic carbocycles. The summed E-state index contributed by atoms with van der Waals surface area (Å²) in [5, 5.41) is 0. The van der Waals surface area contributed by atoms with Crippen molar-refractivity contribution in [3.05, 3.63) is 77.9 Å². The van der Waals surface area contributed by atoms with E-state index in [-0.39, 0.29) is 29.7 Å². The molecule has 190 valence electrons. The van der Waals surface area contributed by atoms with Crippen molar-refractivity contribution in [2.45, 2.75) is 45.1 Å². The molecule has 2 heterocycles. The zero-order chi connectivity index (χ0) is 25.3. The van der Waals surface area contributed by atoms with Crippen LogP contribution in [0.15, 0.2) is 66.7 Å². The highest BCUT2D eigenvalue weighted by atomic mass is 16.2. The van der Waals surface area contributed by atoms with Gasteiger partial charge in [-0.05, 0) is 55.9 Å². The van der Waals surface area contributed by atoms with E-state index in [4.69, 9.17) is 0 Å². The standard InChI is InChI=1S/C30H37N3O3/c1-2-19-33(27-17-22-32(23-18-27)29(35)25-11-7-4-8-12-25)30(36)26-15-20-31(21-16-26)28(34)14-13-24-9-5-3-6-10-24/h3-14,26-27H,2,15-23H2,1H3/b14-13+. The predicted octanol–water partition coefficient (Wildman–Crippen LogP) is 4.48. The van der Waals surface area contributed by atoms with Crippen molar-refractivity contribution in [2.75, 3.05) is 32.7 Å². The molecule has 2 aliphatic heterocycles. The lowest BCUT2D eigenvalue weighted by atomic mass is 9.93. The molecule has 0 N–H and O–H groups in total. The van der Waals surface area contributed by atoms with Gasteiger partial charge in [0.05, 0.1) is 0 Å². The van der Waals surface area contributed by atoms with Crippen LogP contribution < -0.4 is 0 Å². The molecular weight excluding hydrogens is 450 g/mol. The average Bonchev–Trinajstić information content (AvgIpc) is 2.95. The van der Waals surface area contributed by atoms with Crippen LogP contribution in [0.2, 0.25) is 0 Å². The number of likely N-dealkylation sites (tertiary alicyclic amines) is 2. The molecule has 2 fully saturated rings. The summed E-state index contributed by atoms with van der Waals surface area (Å²) in [5.74, 6) is 0.255. The first-order valence-electron chi connectivity index (χ1n) is 13.2. The topological polar surface area (TPSA) is 60.9 Å². The molecule has 6 nitrogen and oxygen atoms in total. The molecule has 0 aromatic heterocycles. The van der Waals surface area contributed by atoms with Gasteiger partial charge >= 0.3 is 0 Å². The summed E-state index contributed by atoms with van der Waals surface area (Å²) in [4.78, 5) is 44.8. The first-order valence-corrected chi connectivity index (χ1v) is 13.2. The van der Waals surface area contributed by atoms with Gasteiger partial charge in [0.15, 0.2) is 0 Å². The highest BCUT2D eigenvalue weighted by molar-refractivity contribution is 5.94. The van der Waals surface area contributed by atoms with Gasteiger partial charge in [0, 0.05) is 56.3 Å². The fraction of sp³-hybridized carbons (Fsp3) is 0.433. The number of nitrogens with zero attached hydrogens (tertiary/aromatic N) is 3. The third-order valence-corrected chi connectivity index (χ3v) is 7.33. The molecule has 4 rings (SSSR count). The molecular formula is C30H37N3O3. The van der Waals surface area contributed by atoms with E-state index < -0.39 is 0 Å². The maximum Gasteiger partial charge on any atom is 0.253 e. The van der Waals surface area contributed by atoms with Gasteiger partial charge in [-0.25, -0.2) is 0 Å². The fourth-order valence-electron chi connectivity index (χ4n) is 5.28. The number of amides is 3. The SMILES string of the molecule is CCCN(C(=O)C1CCN(C(=O)/C=C/c2ccccc2)CC1)C1CCN(C(=O)c2ccccc2)CC1. The van der Waals surface area contributed by atoms with Crippen molar-refractivity contribution >= 4 is 23.8 Å². The van der Waals surface area contributed by atoms with E-state index in [1.165, 1.54) is 0 Å². The Hall–Kier alpha value is -3.41.